The molecule has 0 unspecified atom stereocenters. The molecule has 0 N–H and O–H groups in total. The molecule has 3 heterocycles. The molecular formula is C19H23N3O2. The van der Waals surface area contributed by atoms with Crippen molar-refractivity contribution in [3.63, 3.8) is 0 Å². The van der Waals surface area contributed by atoms with Gasteiger partial charge < -0.3 is 9.64 Å². The number of nitrogens with zero attached hydrogens (tertiary/aromatic N) is 3. The summed E-state index contributed by atoms with van der Waals surface area (Å²) < 4.78 is 7.25. The maximum Gasteiger partial charge on any atom is 0.257 e. The molecule has 0 saturated carbocycles. The lowest BCUT2D eigenvalue weighted by molar-refractivity contribution is 0.0744. The van der Waals surface area contributed by atoms with Crippen LogP contribution in [0.2, 0.25) is 0 Å². The Hall–Kier alpha value is -2.14. The molecule has 24 heavy (non-hydrogen) atoms. The van der Waals surface area contributed by atoms with E-state index in [9.17, 15) is 4.79 Å². The third kappa shape index (κ3) is 2.84. The Morgan fingerprint density at radius 1 is 1.29 bits per heavy atom. The maximum atomic E-state index is 13.2. The van der Waals surface area contributed by atoms with Gasteiger partial charge in [0.25, 0.3) is 5.91 Å². The highest BCUT2D eigenvalue weighted by atomic mass is 16.5. The highest BCUT2D eigenvalue weighted by molar-refractivity contribution is 5.95. The van der Waals surface area contributed by atoms with Crippen molar-refractivity contribution >= 4 is 5.91 Å². The van der Waals surface area contributed by atoms with Gasteiger partial charge in [-0.2, -0.15) is 5.10 Å². The fourth-order valence-corrected chi connectivity index (χ4v) is 3.77. The van der Waals surface area contributed by atoms with E-state index >= 15 is 0 Å². The van der Waals surface area contributed by atoms with Crippen LogP contribution in [0.1, 0.15) is 45.9 Å². The van der Waals surface area contributed by atoms with Gasteiger partial charge in [-0.15, -0.1) is 0 Å². The van der Waals surface area contributed by atoms with Crippen LogP contribution in [0.4, 0.5) is 0 Å². The van der Waals surface area contributed by atoms with Crippen LogP contribution in [0.3, 0.4) is 0 Å². The Kier molecular flexibility index (Phi) is 4.10. The zero-order valence-electron chi connectivity index (χ0n) is 14.1. The third-order valence-electron chi connectivity index (χ3n) is 5.05. The molecule has 1 fully saturated rings. The molecular weight excluding hydrogens is 302 g/mol. The number of hydrogen-bond acceptors (Lipinski definition) is 3. The lowest BCUT2D eigenvalue weighted by Gasteiger charge is -2.21. The van der Waals surface area contributed by atoms with E-state index in [1.54, 1.807) is 4.68 Å². The number of hydrogen-bond donors (Lipinski definition) is 0. The summed E-state index contributed by atoms with van der Waals surface area (Å²) in [6.07, 6.45) is 4.86. The predicted molar refractivity (Wildman–Crippen MR) is 90.9 cm³/mol. The van der Waals surface area contributed by atoms with Crippen molar-refractivity contribution in [1.29, 1.82) is 0 Å². The van der Waals surface area contributed by atoms with Crippen molar-refractivity contribution in [1.82, 2.24) is 14.7 Å². The molecule has 2 aliphatic rings. The van der Waals surface area contributed by atoms with E-state index in [1.807, 2.05) is 18.1 Å². The summed E-state index contributed by atoms with van der Waals surface area (Å²) in [6, 6.07) is 8.44. The third-order valence-corrected chi connectivity index (χ3v) is 5.05. The lowest BCUT2D eigenvalue weighted by Crippen LogP contribution is -2.31. The van der Waals surface area contributed by atoms with Gasteiger partial charge in [-0.3, -0.25) is 9.48 Å². The number of benzene rings is 1. The molecule has 5 nitrogen and oxygen atoms in total. The van der Waals surface area contributed by atoms with Crippen molar-refractivity contribution in [3.8, 4) is 0 Å². The second kappa shape index (κ2) is 6.40. The Labute approximate surface area is 142 Å². The first kappa shape index (κ1) is 15.4. The molecule has 1 amide bonds. The first-order valence-corrected chi connectivity index (χ1v) is 8.69. The van der Waals surface area contributed by atoms with Crippen LogP contribution in [-0.4, -0.2) is 40.3 Å². The first-order valence-electron chi connectivity index (χ1n) is 8.69. The largest absolute Gasteiger partial charge is 0.381 e. The second-order valence-corrected chi connectivity index (χ2v) is 6.76. The van der Waals surface area contributed by atoms with Crippen LogP contribution in [0.5, 0.6) is 0 Å². The zero-order valence-corrected chi connectivity index (χ0v) is 14.1. The number of aryl methyl sites for hydroxylation is 2. The van der Waals surface area contributed by atoms with Gasteiger partial charge in [0, 0.05) is 38.9 Å². The number of fused-ring (bicyclic) bond motifs is 1. The molecule has 1 aromatic carbocycles. The summed E-state index contributed by atoms with van der Waals surface area (Å²) in [5.41, 5.74) is 4.27. The molecule has 0 aliphatic carbocycles. The number of amides is 1. The number of ether oxygens (including phenoxy) is 1. The summed E-state index contributed by atoms with van der Waals surface area (Å²) in [4.78, 5) is 15.2. The minimum Gasteiger partial charge on any atom is -0.381 e. The van der Waals surface area contributed by atoms with E-state index in [2.05, 4.69) is 29.4 Å². The quantitative estimate of drug-likeness (QED) is 0.852. The van der Waals surface area contributed by atoms with E-state index in [-0.39, 0.29) is 11.8 Å². The lowest BCUT2D eigenvalue weighted by atomic mass is 10.0. The molecule has 2 aromatic rings. The summed E-state index contributed by atoms with van der Waals surface area (Å²) in [6.45, 7) is 2.90. The summed E-state index contributed by atoms with van der Waals surface area (Å²) in [7, 11) is 1.88. The Morgan fingerprint density at radius 3 is 2.92 bits per heavy atom. The number of rotatable bonds is 2. The van der Waals surface area contributed by atoms with Gasteiger partial charge in [-0.25, -0.2) is 0 Å². The van der Waals surface area contributed by atoms with E-state index in [0.29, 0.717) is 13.2 Å². The van der Waals surface area contributed by atoms with Crippen LogP contribution < -0.4 is 0 Å². The van der Waals surface area contributed by atoms with Crippen LogP contribution in [0, 0.1) is 0 Å². The van der Waals surface area contributed by atoms with Crippen LogP contribution in [0.25, 0.3) is 0 Å². The molecule has 4 rings (SSSR count). The predicted octanol–water partition coefficient (Wildman–Crippen LogP) is 2.51. The van der Waals surface area contributed by atoms with Crippen molar-refractivity contribution in [3.05, 3.63) is 52.8 Å². The highest BCUT2D eigenvalue weighted by Gasteiger charge is 2.29. The van der Waals surface area contributed by atoms with Gasteiger partial charge in [0.1, 0.15) is 0 Å². The highest BCUT2D eigenvalue weighted by Crippen LogP contribution is 2.28. The van der Waals surface area contributed by atoms with Crippen molar-refractivity contribution in [2.45, 2.75) is 31.7 Å². The number of aromatic nitrogens is 2. The first-order chi connectivity index (χ1) is 11.7. The number of carbonyl (C=O) groups is 1. The molecule has 0 radical (unpaired) electrons. The van der Waals surface area contributed by atoms with E-state index < -0.39 is 0 Å². The summed E-state index contributed by atoms with van der Waals surface area (Å²) in [5.74, 6) is 0.339. The van der Waals surface area contributed by atoms with Gasteiger partial charge in [-0.1, -0.05) is 24.3 Å². The van der Waals surface area contributed by atoms with Gasteiger partial charge >= 0.3 is 0 Å². The number of carbonyl (C=O) groups excluding carboxylic acids is 1. The Morgan fingerprint density at radius 2 is 2.12 bits per heavy atom. The van der Waals surface area contributed by atoms with E-state index in [1.165, 1.54) is 11.1 Å². The smallest absolute Gasteiger partial charge is 0.257 e. The van der Waals surface area contributed by atoms with Gasteiger partial charge in [0.15, 0.2) is 0 Å². The fraction of sp³-hybridized carbons (Fsp3) is 0.474. The van der Waals surface area contributed by atoms with Gasteiger partial charge in [-0.05, 0) is 30.4 Å². The van der Waals surface area contributed by atoms with Crippen molar-refractivity contribution < 1.29 is 9.53 Å². The average Bonchev–Trinajstić information content (AvgIpc) is 3.18. The van der Waals surface area contributed by atoms with E-state index in [0.717, 1.165) is 43.7 Å². The Bertz CT molecular complexity index is 747. The minimum atomic E-state index is 0.0988. The zero-order chi connectivity index (χ0) is 16.5. The molecule has 126 valence electrons. The molecule has 0 bridgehead atoms. The SMILES string of the molecule is Cn1cc(C(=O)N2CCCc3ccccc3C2)c([C@@H]2CCOC2)n1. The molecule has 5 heteroatoms. The van der Waals surface area contributed by atoms with Gasteiger partial charge in [0.2, 0.25) is 0 Å². The molecule has 0 spiro atoms. The molecule has 2 aliphatic heterocycles. The fourth-order valence-electron chi connectivity index (χ4n) is 3.77. The molecule has 1 aromatic heterocycles. The molecule has 1 atom stereocenters. The normalized spacial score (nSPS) is 20.7. The molecule has 1 saturated heterocycles. The summed E-state index contributed by atoms with van der Waals surface area (Å²) in [5, 5.41) is 4.57. The van der Waals surface area contributed by atoms with Crippen molar-refractivity contribution in [2.75, 3.05) is 19.8 Å². The summed E-state index contributed by atoms with van der Waals surface area (Å²) >= 11 is 0. The van der Waals surface area contributed by atoms with Crippen LogP contribution >= 0.6 is 0 Å². The Balaban J connectivity index is 1.62. The van der Waals surface area contributed by atoms with Gasteiger partial charge in [0.05, 0.1) is 17.9 Å². The maximum absolute atomic E-state index is 13.2. The van der Waals surface area contributed by atoms with E-state index in [4.69, 9.17) is 4.74 Å². The van der Waals surface area contributed by atoms with Crippen LogP contribution in [-0.2, 0) is 24.8 Å². The average molecular weight is 325 g/mol. The second-order valence-electron chi connectivity index (χ2n) is 6.76. The monoisotopic (exact) mass is 325 g/mol. The van der Waals surface area contributed by atoms with Crippen molar-refractivity contribution in [2.24, 2.45) is 7.05 Å². The standard InChI is InChI=1S/C19H23N3O2/c1-21-12-17(18(20-21)16-8-10-24-13-16)19(23)22-9-4-7-14-5-2-3-6-15(14)11-22/h2-3,5-6,12,16H,4,7-11,13H2,1H3/t16-/m1/s1. The van der Waals surface area contributed by atoms with Crippen LogP contribution in [0.15, 0.2) is 30.5 Å². The minimum absolute atomic E-state index is 0.0988. The topological polar surface area (TPSA) is 47.4 Å².